The quantitative estimate of drug-likeness (QED) is 0.795. The van der Waals surface area contributed by atoms with Crippen molar-refractivity contribution in [2.75, 3.05) is 32.7 Å². The van der Waals surface area contributed by atoms with Crippen LogP contribution < -0.4 is 5.32 Å². The number of nitrogens with zero attached hydrogens (tertiary/aromatic N) is 2. The zero-order chi connectivity index (χ0) is 17.5. The number of rotatable bonds is 8. The van der Waals surface area contributed by atoms with E-state index in [1.807, 2.05) is 32.0 Å². The SMILES string of the molecule is CCN(CC)C[C@H]1CCN([C@H](C(=O)NC(C)C)c2ccccc2)C1. The molecule has 0 unspecified atom stereocenters. The predicted molar refractivity (Wildman–Crippen MR) is 99.9 cm³/mol. The first-order chi connectivity index (χ1) is 11.5. The van der Waals surface area contributed by atoms with E-state index in [1.54, 1.807) is 0 Å². The smallest absolute Gasteiger partial charge is 0.242 e. The number of amides is 1. The Kier molecular flexibility index (Phi) is 7.25. The van der Waals surface area contributed by atoms with Gasteiger partial charge in [-0.2, -0.15) is 0 Å². The van der Waals surface area contributed by atoms with Gasteiger partial charge in [-0.1, -0.05) is 44.2 Å². The normalized spacial score (nSPS) is 19.8. The average Bonchev–Trinajstić information content (AvgIpc) is 3.01. The van der Waals surface area contributed by atoms with E-state index in [9.17, 15) is 4.79 Å². The highest BCUT2D eigenvalue weighted by atomic mass is 16.2. The summed E-state index contributed by atoms with van der Waals surface area (Å²) in [6.07, 6.45) is 1.18. The Morgan fingerprint density at radius 3 is 2.50 bits per heavy atom. The van der Waals surface area contributed by atoms with E-state index in [1.165, 1.54) is 6.42 Å². The van der Waals surface area contributed by atoms with Crippen LogP contribution in [0.1, 0.15) is 45.7 Å². The Hall–Kier alpha value is -1.39. The van der Waals surface area contributed by atoms with Crippen LogP contribution in [0.4, 0.5) is 0 Å². The maximum Gasteiger partial charge on any atom is 0.242 e. The first kappa shape index (κ1) is 18.9. The maximum atomic E-state index is 12.8. The summed E-state index contributed by atoms with van der Waals surface area (Å²) in [7, 11) is 0. The van der Waals surface area contributed by atoms with E-state index in [-0.39, 0.29) is 18.0 Å². The van der Waals surface area contributed by atoms with Crippen molar-refractivity contribution in [2.45, 2.75) is 46.2 Å². The zero-order valence-corrected chi connectivity index (χ0v) is 15.7. The molecule has 4 heteroatoms. The zero-order valence-electron chi connectivity index (χ0n) is 15.7. The van der Waals surface area contributed by atoms with Gasteiger partial charge in [-0.3, -0.25) is 9.69 Å². The summed E-state index contributed by atoms with van der Waals surface area (Å²) in [6.45, 7) is 13.8. The van der Waals surface area contributed by atoms with Gasteiger partial charge in [0.1, 0.15) is 6.04 Å². The van der Waals surface area contributed by atoms with Crippen molar-refractivity contribution in [2.24, 2.45) is 5.92 Å². The van der Waals surface area contributed by atoms with E-state index in [0.717, 1.165) is 38.3 Å². The molecule has 134 valence electrons. The molecule has 1 aromatic rings. The van der Waals surface area contributed by atoms with Crippen LogP contribution >= 0.6 is 0 Å². The van der Waals surface area contributed by atoms with Gasteiger partial charge in [-0.05, 0) is 51.4 Å². The van der Waals surface area contributed by atoms with Crippen LogP contribution in [0.25, 0.3) is 0 Å². The molecule has 2 rings (SSSR count). The van der Waals surface area contributed by atoms with Crippen molar-refractivity contribution >= 4 is 5.91 Å². The molecule has 1 saturated heterocycles. The molecule has 1 aromatic carbocycles. The molecule has 1 aliphatic heterocycles. The predicted octanol–water partition coefficient (Wildman–Crippen LogP) is 2.92. The van der Waals surface area contributed by atoms with Crippen LogP contribution in [0, 0.1) is 5.92 Å². The minimum absolute atomic E-state index is 0.125. The minimum atomic E-state index is -0.171. The third-order valence-electron chi connectivity index (χ3n) is 4.89. The number of hydrogen-bond acceptors (Lipinski definition) is 3. The minimum Gasteiger partial charge on any atom is -0.352 e. The molecule has 1 N–H and O–H groups in total. The van der Waals surface area contributed by atoms with Crippen molar-refractivity contribution in [1.29, 1.82) is 0 Å². The topological polar surface area (TPSA) is 35.6 Å². The van der Waals surface area contributed by atoms with Crippen molar-refractivity contribution in [3.8, 4) is 0 Å². The summed E-state index contributed by atoms with van der Waals surface area (Å²) < 4.78 is 0. The largest absolute Gasteiger partial charge is 0.352 e. The molecule has 1 fully saturated rings. The van der Waals surface area contributed by atoms with Gasteiger partial charge in [0, 0.05) is 19.1 Å². The second-order valence-electron chi connectivity index (χ2n) is 7.11. The molecular weight excluding hydrogens is 298 g/mol. The summed E-state index contributed by atoms with van der Waals surface area (Å²) in [6, 6.07) is 10.2. The molecule has 1 amide bonds. The molecule has 0 spiro atoms. The van der Waals surface area contributed by atoms with Crippen molar-refractivity contribution in [3.05, 3.63) is 35.9 Å². The van der Waals surface area contributed by atoms with Gasteiger partial charge < -0.3 is 10.2 Å². The van der Waals surface area contributed by atoms with E-state index in [2.05, 4.69) is 41.1 Å². The number of likely N-dealkylation sites (tertiary alicyclic amines) is 1. The standard InChI is InChI=1S/C20H33N3O/c1-5-22(6-2)14-17-12-13-23(15-17)19(20(24)21-16(3)4)18-10-8-7-9-11-18/h7-11,16-17,19H,5-6,12-15H2,1-4H3,(H,21,24)/t17-,19+/m1/s1. The number of carbonyl (C=O) groups is 1. The highest BCUT2D eigenvalue weighted by molar-refractivity contribution is 5.83. The summed E-state index contributed by atoms with van der Waals surface area (Å²) >= 11 is 0. The lowest BCUT2D eigenvalue weighted by Crippen LogP contribution is -2.42. The maximum absolute atomic E-state index is 12.8. The number of carbonyl (C=O) groups excluding carboxylic acids is 1. The Morgan fingerprint density at radius 1 is 1.25 bits per heavy atom. The highest BCUT2D eigenvalue weighted by Crippen LogP contribution is 2.28. The van der Waals surface area contributed by atoms with Gasteiger partial charge in [0.2, 0.25) is 5.91 Å². The molecule has 0 saturated carbocycles. The third kappa shape index (κ3) is 5.05. The van der Waals surface area contributed by atoms with Crippen LogP contribution in [-0.4, -0.2) is 54.5 Å². The molecule has 0 radical (unpaired) electrons. The van der Waals surface area contributed by atoms with Crippen molar-refractivity contribution in [1.82, 2.24) is 15.1 Å². The van der Waals surface area contributed by atoms with Gasteiger partial charge in [0.25, 0.3) is 0 Å². The van der Waals surface area contributed by atoms with E-state index < -0.39 is 0 Å². The summed E-state index contributed by atoms with van der Waals surface area (Å²) in [5.41, 5.74) is 1.10. The number of hydrogen-bond donors (Lipinski definition) is 1. The molecule has 24 heavy (non-hydrogen) atoms. The molecule has 1 heterocycles. The van der Waals surface area contributed by atoms with E-state index in [0.29, 0.717) is 5.92 Å². The molecule has 1 aliphatic rings. The second kappa shape index (κ2) is 9.19. The fourth-order valence-corrected chi connectivity index (χ4v) is 3.62. The third-order valence-corrected chi connectivity index (χ3v) is 4.89. The van der Waals surface area contributed by atoms with Gasteiger partial charge in [0.05, 0.1) is 0 Å². The average molecular weight is 332 g/mol. The molecule has 2 atom stereocenters. The van der Waals surface area contributed by atoms with Crippen LogP contribution in [0.2, 0.25) is 0 Å². The van der Waals surface area contributed by atoms with Crippen LogP contribution in [0.15, 0.2) is 30.3 Å². The van der Waals surface area contributed by atoms with E-state index in [4.69, 9.17) is 0 Å². The summed E-state index contributed by atoms with van der Waals surface area (Å²) in [4.78, 5) is 17.7. The fourth-order valence-electron chi connectivity index (χ4n) is 3.62. The number of benzene rings is 1. The first-order valence-corrected chi connectivity index (χ1v) is 9.36. The van der Waals surface area contributed by atoms with Crippen molar-refractivity contribution in [3.63, 3.8) is 0 Å². The molecular formula is C20H33N3O. The van der Waals surface area contributed by atoms with Gasteiger partial charge in [0.15, 0.2) is 0 Å². The van der Waals surface area contributed by atoms with Gasteiger partial charge in [-0.25, -0.2) is 0 Å². The van der Waals surface area contributed by atoms with Crippen LogP contribution in [-0.2, 0) is 4.79 Å². The number of nitrogens with one attached hydrogen (secondary N) is 1. The Labute approximate surface area is 147 Å². The molecule has 4 nitrogen and oxygen atoms in total. The Bertz CT molecular complexity index is 499. The lowest BCUT2D eigenvalue weighted by molar-refractivity contribution is -0.126. The molecule has 0 bridgehead atoms. The first-order valence-electron chi connectivity index (χ1n) is 9.36. The van der Waals surface area contributed by atoms with Gasteiger partial charge >= 0.3 is 0 Å². The lowest BCUT2D eigenvalue weighted by Gasteiger charge is -2.29. The lowest BCUT2D eigenvalue weighted by atomic mass is 10.0. The molecule has 0 aromatic heterocycles. The highest BCUT2D eigenvalue weighted by Gasteiger charge is 2.34. The fraction of sp³-hybridized carbons (Fsp3) is 0.650. The monoisotopic (exact) mass is 331 g/mol. The Balaban J connectivity index is 2.09. The van der Waals surface area contributed by atoms with Crippen LogP contribution in [0.5, 0.6) is 0 Å². The summed E-state index contributed by atoms with van der Waals surface area (Å²) in [5, 5.41) is 3.11. The van der Waals surface area contributed by atoms with Gasteiger partial charge in [-0.15, -0.1) is 0 Å². The second-order valence-corrected chi connectivity index (χ2v) is 7.11. The van der Waals surface area contributed by atoms with Crippen LogP contribution in [0.3, 0.4) is 0 Å². The van der Waals surface area contributed by atoms with Crippen molar-refractivity contribution < 1.29 is 4.79 Å². The molecule has 0 aliphatic carbocycles. The summed E-state index contributed by atoms with van der Waals surface area (Å²) in [5.74, 6) is 0.780. The van der Waals surface area contributed by atoms with E-state index >= 15 is 0 Å². The Morgan fingerprint density at radius 2 is 1.92 bits per heavy atom.